The molecule has 0 unspecified atom stereocenters. The van der Waals surface area contributed by atoms with Gasteiger partial charge in [-0.15, -0.1) is 0 Å². The quantitative estimate of drug-likeness (QED) is 0.426. The van der Waals surface area contributed by atoms with Crippen molar-refractivity contribution in [3.63, 3.8) is 0 Å². The molecule has 0 spiro atoms. The van der Waals surface area contributed by atoms with Crippen LogP contribution >= 0.6 is 0 Å². The summed E-state index contributed by atoms with van der Waals surface area (Å²) in [5.74, 6) is -7.09. The van der Waals surface area contributed by atoms with Crippen LogP contribution in [0.3, 0.4) is 0 Å². The second kappa shape index (κ2) is 5.12. The lowest BCUT2D eigenvalue weighted by atomic mass is 9.90. The van der Waals surface area contributed by atoms with Gasteiger partial charge in [0.05, 0.1) is 16.7 Å². The first-order valence-electron chi connectivity index (χ1n) is 5.49. The molecule has 0 saturated heterocycles. The average molecular weight is 280 g/mol. The molecule has 0 bridgehead atoms. The number of phenolic OH excluding ortho intramolecular Hbond substituents is 3. The van der Waals surface area contributed by atoms with Crippen LogP contribution in [0.1, 0.15) is 51.8 Å². The molecule has 0 aliphatic carbocycles. The van der Waals surface area contributed by atoms with Gasteiger partial charge in [-0.05, 0) is 13.8 Å². The zero-order valence-electron chi connectivity index (χ0n) is 11.0. The van der Waals surface area contributed by atoms with Crippen LogP contribution in [0.4, 0.5) is 0 Å². The molecule has 0 aliphatic rings. The number of hydrogen-bond donors (Lipinski definition) is 3. The number of aromatic hydroxyl groups is 3. The third-order valence-electron chi connectivity index (χ3n) is 2.67. The van der Waals surface area contributed by atoms with E-state index in [1.54, 1.807) is 0 Å². The first-order valence-corrected chi connectivity index (χ1v) is 5.49. The average Bonchev–Trinajstić information content (AvgIpc) is 2.33. The summed E-state index contributed by atoms with van der Waals surface area (Å²) >= 11 is 0. The summed E-state index contributed by atoms with van der Waals surface area (Å²) in [7, 11) is 0. The molecular formula is C13H12O7. The van der Waals surface area contributed by atoms with Crippen molar-refractivity contribution in [2.24, 2.45) is 0 Å². The van der Waals surface area contributed by atoms with Gasteiger partial charge in [-0.1, -0.05) is 0 Å². The van der Waals surface area contributed by atoms with Crippen LogP contribution in [0.5, 0.6) is 17.2 Å². The topological polar surface area (TPSA) is 129 Å². The molecule has 0 heterocycles. The Balaban J connectivity index is 4.03. The number of hydrogen-bond acceptors (Lipinski definition) is 7. The molecule has 1 aromatic rings. The number of Topliss-reactive ketones (excluding diaryl/α,β-unsaturated/α-hetero) is 4. The maximum Gasteiger partial charge on any atom is 0.230 e. The molecule has 20 heavy (non-hydrogen) atoms. The van der Waals surface area contributed by atoms with Crippen molar-refractivity contribution >= 4 is 23.1 Å². The van der Waals surface area contributed by atoms with Crippen molar-refractivity contribution in [3.05, 3.63) is 16.7 Å². The van der Waals surface area contributed by atoms with Gasteiger partial charge in [-0.3, -0.25) is 19.2 Å². The molecule has 1 aromatic carbocycles. The highest BCUT2D eigenvalue weighted by Gasteiger charge is 2.32. The lowest BCUT2D eigenvalue weighted by Crippen LogP contribution is -2.19. The second-order valence-corrected chi connectivity index (χ2v) is 4.17. The molecule has 0 amide bonds. The van der Waals surface area contributed by atoms with E-state index >= 15 is 0 Å². The van der Waals surface area contributed by atoms with Crippen molar-refractivity contribution in [2.75, 3.05) is 0 Å². The molecule has 1 rings (SSSR count). The first kappa shape index (κ1) is 15.4. The molecular weight excluding hydrogens is 268 g/mol. The van der Waals surface area contributed by atoms with Crippen LogP contribution in [-0.4, -0.2) is 38.5 Å². The minimum Gasteiger partial charge on any atom is -0.504 e. The highest BCUT2D eigenvalue weighted by molar-refractivity contribution is 6.46. The van der Waals surface area contributed by atoms with Crippen molar-refractivity contribution in [1.29, 1.82) is 0 Å². The Bertz CT molecular complexity index is 614. The molecule has 3 N–H and O–H groups in total. The van der Waals surface area contributed by atoms with E-state index in [2.05, 4.69) is 0 Å². The Morgan fingerprint density at radius 3 is 1.25 bits per heavy atom. The van der Waals surface area contributed by atoms with Crippen LogP contribution in [0.2, 0.25) is 0 Å². The van der Waals surface area contributed by atoms with E-state index in [0.717, 1.165) is 20.8 Å². The molecule has 7 nitrogen and oxygen atoms in total. The predicted molar refractivity (Wildman–Crippen MR) is 66.5 cm³/mol. The van der Waals surface area contributed by atoms with Gasteiger partial charge in [-0.2, -0.15) is 0 Å². The van der Waals surface area contributed by atoms with Gasteiger partial charge in [0.1, 0.15) is 0 Å². The Kier molecular flexibility index (Phi) is 3.93. The fourth-order valence-electron chi connectivity index (χ4n) is 1.80. The largest absolute Gasteiger partial charge is 0.504 e. The number of phenols is 3. The maximum absolute atomic E-state index is 11.9. The zero-order valence-corrected chi connectivity index (χ0v) is 11.0. The van der Waals surface area contributed by atoms with Crippen molar-refractivity contribution in [3.8, 4) is 17.2 Å². The molecule has 0 aromatic heterocycles. The van der Waals surface area contributed by atoms with E-state index in [9.17, 15) is 34.5 Å². The number of carbonyl (C=O) groups is 4. The van der Waals surface area contributed by atoms with Crippen molar-refractivity contribution in [1.82, 2.24) is 0 Å². The van der Waals surface area contributed by atoms with Crippen LogP contribution in [0, 0.1) is 0 Å². The highest BCUT2D eigenvalue weighted by Crippen LogP contribution is 2.43. The van der Waals surface area contributed by atoms with E-state index in [0.29, 0.717) is 0 Å². The Labute approximate surface area is 113 Å². The third-order valence-corrected chi connectivity index (χ3v) is 2.67. The Morgan fingerprint density at radius 2 is 1.00 bits per heavy atom. The summed E-state index contributed by atoms with van der Waals surface area (Å²) in [4.78, 5) is 46.1. The maximum atomic E-state index is 11.9. The van der Waals surface area contributed by atoms with Crippen molar-refractivity contribution < 1.29 is 34.5 Å². The summed E-state index contributed by atoms with van der Waals surface area (Å²) in [5, 5.41) is 28.8. The highest BCUT2D eigenvalue weighted by atomic mass is 16.3. The molecule has 0 fully saturated rings. The summed E-state index contributed by atoms with van der Waals surface area (Å²) in [6.45, 7) is 2.87. The van der Waals surface area contributed by atoms with Gasteiger partial charge in [0.15, 0.2) is 28.8 Å². The minimum atomic E-state index is -1.22. The van der Waals surface area contributed by atoms with E-state index in [1.165, 1.54) is 0 Å². The fourth-order valence-corrected chi connectivity index (χ4v) is 1.80. The monoisotopic (exact) mass is 280 g/mol. The van der Waals surface area contributed by atoms with Crippen LogP contribution < -0.4 is 0 Å². The molecule has 0 aliphatic heterocycles. The second-order valence-electron chi connectivity index (χ2n) is 4.17. The number of benzene rings is 1. The van der Waals surface area contributed by atoms with E-state index in [-0.39, 0.29) is 0 Å². The van der Waals surface area contributed by atoms with Crippen molar-refractivity contribution in [2.45, 2.75) is 20.8 Å². The number of ketones is 4. The Hall–Kier alpha value is -2.70. The van der Waals surface area contributed by atoms with Gasteiger partial charge >= 0.3 is 0 Å². The van der Waals surface area contributed by atoms with Gasteiger partial charge in [-0.25, -0.2) is 0 Å². The van der Waals surface area contributed by atoms with Crippen LogP contribution in [0.15, 0.2) is 0 Å². The fraction of sp³-hybridized carbons (Fsp3) is 0.231. The Morgan fingerprint density at radius 1 is 0.650 bits per heavy atom. The molecule has 7 heteroatoms. The summed E-state index contributed by atoms with van der Waals surface area (Å²) < 4.78 is 0. The van der Waals surface area contributed by atoms with E-state index < -0.39 is 57.1 Å². The van der Waals surface area contributed by atoms with Crippen LogP contribution in [-0.2, 0) is 4.79 Å². The molecule has 0 saturated carbocycles. The number of carbonyl (C=O) groups excluding carboxylic acids is 4. The van der Waals surface area contributed by atoms with E-state index in [4.69, 9.17) is 0 Å². The van der Waals surface area contributed by atoms with Crippen LogP contribution in [0.25, 0.3) is 0 Å². The zero-order chi connectivity index (χ0) is 15.8. The van der Waals surface area contributed by atoms with Gasteiger partial charge in [0.25, 0.3) is 0 Å². The number of rotatable bonds is 4. The minimum absolute atomic E-state index is 0.675. The van der Waals surface area contributed by atoms with Gasteiger partial charge in [0, 0.05) is 6.92 Å². The molecule has 106 valence electrons. The summed E-state index contributed by atoms with van der Waals surface area (Å²) in [6, 6.07) is 0. The third kappa shape index (κ3) is 2.25. The smallest absolute Gasteiger partial charge is 0.230 e. The summed E-state index contributed by atoms with van der Waals surface area (Å²) in [6.07, 6.45) is 0. The normalized spacial score (nSPS) is 10.2. The molecule has 0 radical (unpaired) electrons. The van der Waals surface area contributed by atoms with E-state index in [1.807, 2.05) is 0 Å². The van der Waals surface area contributed by atoms with Gasteiger partial charge in [0.2, 0.25) is 11.5 Å². The predicted octanol–water partition coefficient (Wildman–Crippen LogP) is 0.980. The lowest BCUT2D eigenvalue weighted by molar-refractivity contribution is -0.113. The SMILES string of the molecule is CC(=O)C(=O)c1c(C(C)=O)c(O)c(O)c(O)c1C(C)=O. The van der Waals surface area contributed by atoms with Gasteiger partial charge < -0.3 is 15.3 Å². The lowest BCUT2D eigenvalue weighted by Gasteiger charge is -2.14. The summed E-state index contributed by atoms with van der Waals surface area (Å²) in [5.41, 5.74) is -2.05. The standard InChI is InChI=1S/C13H12O7/c1-4(14)7-9(10(17)6(3)16)8(5(2)15)12(19)13(20)11(7)18/h18-20H,1-3H3. The molecule has 0 atom stereocenters. The first-order chi connectivity index (χ1) is 9.11.